The molecule has 2 N–H and O–H groups in total. The van der Waals surface area contributed by atoms with Gasteiger partial charge in [0, 0.05) is 6.54 Å². The zero-order chi connectivity index (χ0) is 9.90. The highest BCUT2D eigenvalue weighted by molar-refractivity contribution is 7.91. The van der Waals surface area contributed by atoms with Crippen molar-refractivity contribution in [2.45, 2.75) is 11.8 Å². The Kier molecular flexibility index (Phi) is 3.06. The SMILES string of the molecule is Cc1ccccc1S(=O)(=O)CCN. The smallest absolute Gasteiger partial charge is 0.179 e. The van der Waals surface area contributed by atoms with Gasteiger partial charge in [-0.3, -0.25) is 0 Å². The van der Waals surface area contributed by atoms with E-state index in [4.69, 9.17) is 5.73 Å². The average molecular weight is 199 g/mol. The van der Waals surface area contributed by atoms with Crippen molar-refractivity contribution in [1.29, 1.82) is 0 Å². The molecule has 1 aromatic carbocycles. The number of benzene rings is 1. The van der Waals surface area contributed by atoms with Gasteiger partial charge in [0.2, 0.25) is 0 Å². The van der Waals surface area contributed by atoms with Gasteiger partial charge in [-0.2, -0.15) is 0 Å². The van der Waals surface area contributed by atoms with E-state index in [1.807, 2.05) is 6.07 Å². The summed E-state index contributed by atoms with van der Waals surface area (Å²) in [5, 5.41) is 0. The van der Waals surface area contributed by atoms with E-state index in [2.05, 4.69) is 0 Å². The minimum absolute atomic E-state index is 0.0118. The summed E-state index contributed by atoms with van der Waals surface area (Å²) in [6.07, 6.45) is 0. The molecule has 0 heterocycles. The Morgan fingerprint density at radius 1 is 1.31 bits per heavy atom. The van der Waals surface area contributed by atoms with Gasteiger partial charge in [-0.15, -0.1) is 0 Å². The molecule has 0 aliphatic heterocycles. The number of rotatable bonds is 3. The van der Waals surface area contributed by atoms with Gasteiger partial charge < -0.3 is 5.73 Å². The van der Waals surface area contributed by atoms with E-state index in [0.717, 1.165) is 5.56 Å². The fourth-order valence-corrected chi connectivity index (χ4v) is 2.55. The third-order valence-electron chi connectivity index (χ3n) is 1.82. The van der Waals surface area contributed by atoms with E-state index in [9.17, 15) is 8.42 Å². The summed E-state index contributed by atoms with van der Waals surface area (Å²) in [4.78, 5) is 0.389. The van der Waals surface area contributed by atoms with Gasteiger partial charge in [-0.05, 0) is 18.6 Å². The first-order valence-corrected chi connectivity index (χ1v) is 5.71. The average Bonchev–Trinajstić information content (AvgIpc) is 2.04. The molecule has 0 aliphatic carbocycles. The van der Waals surface area contributed by atoms with Crippen LogP contribution in [0.4, 0.5) is 0 Å². The molecule has 72 valence electrons. The monoisotopic (exact) mass is 199 g/mol. The Hall–Kier alpha value is -0.870. The second-order valence-corrected chi connectivity index (χ2v) is 4.95. The fraction of sp³-hybridized carbons (Fsp3) is 0.333. The van der Waals surface area contributed by atoms with E-state index in [1.165, 1.54) is 0 Å². The molecule has 0 atom stereocenters. The first kappa shape index (κ1) is 10.2. The molecule has 0 unspecified atom stereocenters. The van der Waals surface area contributed by atoms with E-state index in [1.54, 1.807) is 25.1 Å². The van der Waals surface area contributed by atoms with Crippen LogP contribution >= 0.6 is 0 Å². The molecule has 0 spiro atoms. The maximum Gasteiger partial charge on any atom is 0.179 e. The number of nitrogens with two attached hydrogens (primary N) is 1. The van der Waals surface area contributed by atoms with Crippen LogP contribution < -0.4 is 5.73 Å². The van der Waals surface area contributed by atoms with Crippen LogP contribution in [-0.2, 0) is 9.84 Å². The van der Waals surface area contributed by atoms with Crippen LogP contribution in [0.15, 0.2) is 29.2 Å². The highest BCUT2D eigenvalue weighted by Gasteiger charge is 2.14. The minimum atomic E-state index is -3.17. The van der Waals surface area contributed by atoms with Crippen LogP contribution in [0.1, 0.15) is 5.56 Å². The third-order valence-corrected chi connectivity index (χ3v) is 3.72. The lowest BCUT2D eigenvalue weighted by molar-refractivity contribution is 0.595. The minimum Gasteiger partial charge on any atom is -0.329 e. The number of hydrogen-bond acceptors (Lipinski definition) is 3. The van der Waals surface area contributed by atoms with Crippen LogP contribution in [0.25, 0.3) is 0 Å². The zero-order valence-corrected chi connectivity index (χ0v) is 8.34. The van der Waals surface area contributed by atoms with Crippen LogP contribution in [-0.4, -0.2) is 20.7 Å². The lowest BCUT2D eigenvalue weighted by Crippen LogP contribution is -2.16. The molecular formula is C9H13NO2S. The van der Waals surface area contributed by atoms with Crippen molar-refractivity contribution < 1.29 is 8.42 Å². The van der Waals surface area contributed by atoms with Crippen LogP contribution in [0.3, 0.4) is 0 Å². The molecule has 0 fully saturated rings. The Morgan fingerprint density at radius 2 is 1.92 bits per heavy atom. The highest BCUT2D eigenvalue weighted by Crippen LogP contribution is 2.14. The Bertz CT molecular complexity index is 384. The van der Waals surface area contributed by atoms with Crippen LogP contribution in [0, 0.1) is 6.92 Å². The predicted molar refractivity (Wildman–Crippen MR) is 52.3 cm³/mol. The molecule has 4 heteroatoms. The summed E-state index contributed by atoms with van der Waals surface area (Å²) < 4.78 is 23.1. The van der Waals surface area contributed by atoms with Crippen molar-refractivity contribution in [2.75, 3.05) is 12.3 Å². The Balaban J connectivity index is 3.15. The second-order valence-electron chi connectivity index (χ2n) is 2.87. The molecule has 0 aromatic heterocycles. The van der Waals surface area contributed by atoms with Gasteiger partial charge in [0.1, 0.15) is 0 Å². The van der Waals surface area contributed by atoms with Crippen molar-refractivity contribution in [2.24, 2.45) is 5.73 Å². The van der Waals surface area contributed by atoms with Gasteiger partial charge >= 0.3 is 0 Å². The topological polar surface area (TPSA) is 60.2 Å². The van der Waals surface area contributed by atoms with E-state index >= 15 is 0 Å². The molecule has 1 rings (SSSR count). The Labute approximate surface area is 78.5 Å². The summed E-state index contributed by atoms with van der Waals surface area (Å²) in [6.45, 7) is 1.94. The van der Waals surface area contributed by atoms with Crippen LogP contribution in [0.5, 0.6) is 0 Å². The number of aryl methyl sites for hydroxylation is 1. The molecule has 0 aliphatic rings. The largest absolute Gasteiger partial charge is 0.329 e. The summed E-state index contributed by atoms with van der Waals surface area (Å²) in [6, 6.07) is 6.93. The summed E-state index contributed by atoms with van der Waals surface area (Å²) in [5.74, 6) is 0.0118. The normalized spacial score (nSPS) is 11.5. The Morgan fingerprint density at radius 3 is 2.46 bits per heavy atom. The molecule has 0 amide bonds. The highest BCUT2D eigenvalue weighted by atomic mass is 32.2. The quantitative estimate of drug-likeness (QED) is 0.780. The molecular weight excluding hydrogens is 186 g/mol. The molecule has 0 bridgehead atoms. The predicted octanol–water partition coefficient (Wildman–Crippen LogP) is 0.727. The van der Waals surface area contributed by atoms with Crippen molar-refractivity contribution >= 4 is 9.84 Å². The van der Waals surface area contributed by atoms with Crippen molar-refractivity contribution in [3.63, 3.8) is 0 Å². The van der Waals surface area contributed by atoms with E-state index < -0.39 is 9.84 Å². The van der Waals surface area contributed by atoms with Gasteiger partial charge in [-0.25, -0.2) is 8.42 Å². The molecule has 0 radical (unpaired) electrons. The fourth-order valence-electron chi connectivity index (χ4n) is 1.17. The molecule has 3 nitrogen and oxygen atoms in total. The maximum atomic E-state index is 11.6. The van der Waals surface area contributed by atoms with Crippen molar-refractivity contribution in [1.82, 2.24) is 0 Å². The van der Waals surface area contributed by atoms with Gasteiger partial charge in [-0.1, -0.05) is 18.2 Å². The lowest BCUT2D eigenvalue weighted by atomic mass is 10.2. The second kappa shape index (κ2) is 3.89. The summed E-state index contributed by atoms with van der Waals surface area (Å²) in [5.41, 5.74) is 6.00. The first-order valence-electron chi connectivity index (χ1n) is 4.06. The third kappa shape index (κ3) is 2.29. The van der Waals surface area contributed by atoms with Gasteiger partial charge in [0.25, 0.3) is 0 Å². The van der Waals surface area contributed by atoms with E-state index in [-0.39, 0.29) is 12.3 Å². The maximum absolute atomic E-state index is 11.6. The zero-order valence-electron chi connectivity index (χ0n) is 7.53. The van der Waals surface area contributed by atoms with E-state index in [0.29, 0.717) is 4.90 Å². The lowest BCUT2D eigenvalue weighted by Gasteiger charge is -2.05. The van der Waals surface area contributed by atoms with Crippen LogP contribution in [0.2, 0.25) is 0 Å². The molecule has 0 saturated heterocycles. The standard InChI is InChI=1S/C9H13NO2S/c1-8-4-2-3-5-9(8)13(11,12)7-6-10/h2-5H,6-7,10H2,1H3. The summed E-state index contributed by atoms with van der Waals surface area (Å²) in [7, 11) is -3.17. The van der Waals surface area contributed by atoms with Crippen molar-refractivity contribution in [3.05, 3.63) is 29.8 Å². The van der Waals surface area contributed by atoms with Crippen molar-refractivity contribution in [3.8, 4) is 0 Å². The first-order chi connectivity index (χ1) is 6.08. The number of sulfone groups is 1. The molecule has 1 aromatic rings. The summed E-state index contributed by atoms with van der Waals surface area (Å²) >= 11 is 0. The molecule has 0 saturated carbocycles. The molecule has 13 heavy (non-hydrogen) atoms. The van der Waals surface area contributed by atoms with Gasteiger partial charge in [0.15, 0.2) is 9.84 Å². The number of hydrogen-bond donors (Lipinski definition) is 1. The van der Waals surface area contributed by atoms with Gasteiger partial charge in [0.05, 0.1) is 10.6 Å².